The highest BCUT2D eigenvalue weighted by Gasteiger charge is 2.34. The summed E-state index contributed by atoms with van der Waals surface area (Å²) < 4.78 is 7.45. The molecule has 5 aromatic rings. The number of rotatable bonds is 3. The number of amides is 1. The maximum absolute atomic E-state index is 12.7. The average molecular weight is 549 g/mol. The summed E-state index contributed by atoms with van der Waals surface area (Å²) in [5.41, 5.74) is 12.5. The molecule has 1 fully saturated rings. The Morgan fingerprint density at radius 1 is 0.878 bits per heavy atom. The molecule has 1 aliphatic rings. The Kier molecular flexibility index (Phi) is 6.56. The minimum Gasteiger partial charge on any atom is -0.444 e. The molecule has 3 aromatic carbocycles. The number of benzene rings is 3. The third-order valence-electron chi connectivity index (χ3n) is 7.67. The molecule has 0 spiro atoms. The van der Waals surface area contributed by atoms with E-state index in [2.05, 4.69) is 54.2 Å². The monoisotopic (exact) mass is 548 g/mol. The van der Waals surface area contributed by atoms with Crippen molar-refractivity contribution in [3.63, 3.8) is 0 Å². The second-order valence-corrected chi connectivity index (χ2v) is 12.0. The van der Waals surface area contributed by atoms with Crippen LogP contribution < -0.4 is 10.6 Å². The molecule has 2 N–H and O–H groups in total. The summed E-state index contributed by atoms with van der Waals surface area (Å²) in [5, 5.41) is 6.74. The molecule has 0 aliphatic carbocycles. The fourth-order valence-corrected chi connectivity index (χ4v) is 5.90. The largest absolute Gasteiger partial charge is 0.444 e. The summed E-state index contributed by atoms with van der Waals surface area (Å²) in [5.74, 6) is 0. The molecule has 0 bridgehead atoms. The van der Waals surface area contributed by atoms with E-state index in [1.54, 1.807) is 0 Å². The van der Waals surface area contributed by atoms with Crippen molar-refractivity contribution in [1.82, 2.24) is 19.5 Å². The summed E-state index contributed by atoms with van der Waals surface area (Å²) in [7, 11) is 0. The lowest BCUT2D eigenvalue weighted by Gasteiger charge is -2.45. The molecule has 1 saturated heterocycles. The number of hydrogen-bond donors (Lipinski definition) is 1. The van der Waals surface area contributed by atoms with E-state index in [-0.39, 0.29) is 18.2 Å². The number of anilines is 2. The van der Waals surface area contributed by atoms with Crippen LogP contribution in [0.4, 0.5) is 16.2 Å². The Bertz CT molecular complexity index is 1730. The Labute approximate surface area is 240 Å². The van der Waals surface area contributed by atoms with E-state index >= 15 is 0 Å². The lowest BCUT2D eigenvalue weighted by atomic mass is 9.99. The van der Waals surface area contributed by atoms with E-state index in [1.807, 2.05) is 79.1 Å². The molecule has 210 valence electrons. The number of hydrogen-bond acceptors (Lipinski definition) is 6. The van der Waals surface area contributed by atoms with Crippen molar-refractivity contribution in [2.75, 3.05) is 23.7 Å². The number of piperazine rings is 1. The minimum atomic E-state index is -0.503. The normalized spacial score (nSPS) is 17.8. The highest BCUT2D eigenvalue weighted by molar-refractivity contribution is 6.04. The summed E-state index contributed by atoms with van der Waals surface area (Å²) in [4.78, 5) is 21.7. The SMILES string of the molecule is CC1CN(C(=O)OC(C)(C)C)CC(C)N1c1ccc(-c2cnc3c(-c4ccc(N)c5ccccc45)cnn3c2)cc1. The van der Waals surface area contributed by atoms with Gasteiger partial charge in [-0.25, -0.2) is 14.3 Å². The van der Waals surface area contributed by atoms with Crippen molar-refractivity contribution in [1.29, 1.82) is 0 Å². The van der Waals surface area contributed by atoms with Crippen LogP contribution in [0, 0.1) is 0 Å². The van der Waals surface area contributed by atoms with Crippen molar-refractivity contribution in [3.8, 4) is 22.3 Å². The minimum absolute atomic E-state index is 0.155. The van der Waals surface area contributed by atoms with E-state index < -0.39 is 5.60 Å². The van der Waals surface area contributed by atoms with E-state index in [4.69, 9.17) is 15.5 Å². The van der Waals surface area contributed by atoms with Gasteiger partial charge in [-0.05, 0) is 69.3 Å². The Hall–Kier alpha value is -4.59. The quantitative estimate of drug-likeness (QED) is 0.255. The van der Waals surface area contributed by atoms with Crippen molar-refractivity contribution >= 4 is 33.9 Å². The molecule has 3 heterocycles. The predicted molar refractivity (Wildman–Crippen MR) is 165 cm³/mol. The number of aromatic nitrogens is 3. The molecule has 0 radical (unpaired) electrons. The predicted octanol–water partition coefficient (Wildman–Crippen LogP) is 6.63. The third-order valence-corrected chi connectivity index (χ3v) is 7.67. The van der Waals surface area contributed by atoms with E-state index in [1.165, 1.54) is 0 Å². The molecule has 6 rings (SSSR count). The van der Waals surface area contributed by atoms with Crippen molar-refractivity contribution < 1.29 is 9.53 Å². The number of fused-ring (bicyclic) bond motifs is 2. The van der Waals surface area contributed by atoms with Crippen LogP contribution in [0.3, 0.4) is 0 Å². The molecule has 2 aromatic heterocycles. The lowest BCUT2D eigenvalue weighted by Crippen LogP contribution is -2.58. The fraction of sp³-hybridized carbons (Fsp3) is 0.303. The summed E-state index contributed by atoms with van der Waals surface area (Å²) >= 11 is 0. The maximum Gasteiger partial charge on any atom is 0.410 e. The second kappa shape index (κ2) is 10.1. The van der Waals surface area contributed by atoms with Gasteiger partial charge in [0.05, 0.1) is 6.20 Å². The van der Waals surface area contributed by atoms with Gasteiger partial charge in [-0.15, -0.1) is 0 Å². The number of nitrogens with two attached hydrogens (primary N) is 1. The van der Waals surface area contributed by atoms with Crippen LogP contribution in [0.1, 0.15) is 34.6 Å². The summed E-state index contributed by atoms with van der Waals surface area (Å²) in [6, 6.07) is 21.0. The zero-order valence-corrected chi connectivity index (χ0v) is 24.2. The van der Waals surface area contributed by atoms with Crippen LogP contribution in [0.2, 0.25) is 0 Å². The third kappa shape index (κ3) is 5.06. The van der Waals surface area contributed by atoms with Gasteiger partial charge in [0, 0.05) is 65.5 Å². The van der Waals surface area contributed by atoms with Gasteiger partial charge >= 0.3 is 6.09 Å². The lowest BCUT2D eigenvalue weighted by molar-refractivity contribution is 0.0193. The topological polar surface area (TPSA) is 89.0 Å². The first-order chi connectivity index (χ1) is 19.6. The van der Waals surface area contributed by atoms with Crippen molar-refractivity contribution in [2.45, 2.75) is 52.3 Å². The Morgan fingerprint density at radius 2 is 1.56 bits per heavy atom. The zero-order chi connectivity index (χ0) is 28.9. The van der Waals surface area contributed by atoms with Gasteiger partial charge in [0.15, 0.2) is 5.65 Å². The van der Waals surface area contributed by atoms with Gasteiger partial charge in [0.25, 0.3) is 0 Å². The molecule has 8 nitrogen and oxygen atoms in total. The first-order valence-corrected chi connectivity index (χ1v) is 14.1. The number of nitrogen functional groups attached to an aromatic ring is 1. The van der Waals surface area contributed by atoms with Crippen LogP contribution in [0.15, 0.2) is 79.3 Å². The second-order valence-electron chi connectivity index (χ2n) is 12.0. The van der Waals surface area contributed by atoms with Gasteiger partial charge < -0.3 is 20.3 Å². The molecule has 0 saturated carbocycles. The van der Waals surface area contributed by atoms with Gasteiger partial charge in [0.2, 0.25) is 0 Å². The van der Waals surface area contributed by atoms with Crippen molar-refractivity contribution in [3.05, 3.63) is 79.3 Å². The van der Waals surface area contributed by atoms with Gasteiger partial charge in [-0.2, -0.15) is 5.10 Å². The summed E-state index contributed by atoms with van der Waals surface area (Å²) in [6.45, 7) is 11.2. The molecule has 1 aliphatic heterocycles. The Balaban J connectivity index is 1.23. The van der Waals surface area contributed by atoms with Crippen LogP contribution in [0.25, 0.3) is 38.7 Å². The number of carbonyl (C=O) groups is 1. The smallest absolute Gasteiger partial charge is 0.410 e. The van der Waals surface area contributed by atoms with Gasteiger partial charge in [0.1, 0.15) is 5.60 Å². The van der Waals surface area contributed by atoms with Crippen LogP contribution in [-0.4, -0.2) is 56.4 Å². The van der Waals surface area contributed by atoms with E-state index in [0.29, 0.717) is 13.1 Å². The van der Waals surface area contributed by atoms with E-state index in [9.17, 15) is 4.79 Å². The van der Waals surface area contributed by atoms with Gasteiger partial charge in [-0.1, -0.05) is 42.5 Å². The van der Waals surface area contributed by atoms with Gasteiger partial charge in [-0.3, -0.25) is 0 Å². The molecular formula is C33H36N6O2. The molecular weight excluding hydrogens is 512 g/mol. The molecule has 2 unspecified atom stereocenters. The van der Waals surface area contributed by atoms with E-state index in [0.717, 1.165) is 50.0 Å². The first-order valence-electron chi connectivity index (χ1n) is 14.1. The van der Waals surface area contributed by atoms with Crippen LogP contribution >= 0.6 is 0 Å². The molecule has 1 amide bonds. The molecule has 41 heavy (non-hydrogen) atoms. The fourth-order valence-electron chi connectivity index (χ4n) is 5.90. The summed E-state index contributed by atoms with van der Waals surface area (Å²) in [6.07, 6.45) is 5.54. The van der Waals surface area contributed by atoms with Crippen molar-refractivity contribution in [2.24, 2.45) is 0 Å². The first kappa shape index (κ1) is 26.6. The molecule has 8 heteroatoms. The standard InChI is InChI=1S/C33H36N6O2/c1-21-18-37(32(40)41-33(3,4)5)19-22(2)39(21)25-12-10-23(11-13-25)24-16-35-31-29(17-36-38(31)20-24)27-14-15-30(34)28-9-7-6-8-26(27)28/h6-17,20-22H,18-19,34H2,1-5H3. The maximum atomic E-state index is 12.7. The van der Waals surface area contributed by atoms with Crippen LogP contribution in [-0.2, 0) is 4.74 Å². The highest BCUT2D eigenvalue weighted by atomic mass is 16.6. The van der Waals surface area contributed by atoms with Crippen LogP contribution in [0.5, 0.6) is 0 Å². The molecule has 2 atom stereocenters. The zero-order valence-electron chi connectivity index (χ0n) is 24.2. The number of carbonyl (C=O) groups excluding carboxylic acids is 1. The number of ether oxygens (including phenoxy) is 1. The Morgan fingerprint density at radius 3 is 2.24 bits per heavy atom. The highest BCUT2D eigenvalue weighted by Crippen LogP contribution is 2.34. The average Bonchev–Trinajstić information content (AvgIpc) is 3.35. The number of nitrogens with zero attached hydrogens (tertiary/aromatic N) is 5.